The Balaban J connectivity index is 1.41. The molecule has 2 bridgehead atoms. The Bertz CT molecular complexity index is 472. The molecule has 3 fully saturated rings. The molecule has 2 saturated heterocycles. The molecule has 4 rings (SSSR count). The van der Waals surface area contributed by atoms with Crippen LogP contribution in [0.15, 0.2) is 4.42 Å². The summed E-state index contributed by atoms with van der Waals surface area (Å²) in [7, 11) is 2.25. The lowest BCUT2D eigenvalue weighted by atomic mass is 10.1. The molecule has 6 heteroatoms. The van der Waals surface area contributed by atoms with Crippen molar-refractivity contribution in [2.75, 3.05) is 25.0 Å². The summed E-state index contributed by atoms with van der Waals surface area (Å²) in [5.41, 5.74) is 0. The van der Waals surface area contributed by atoms with Crippen molar-refractivity contribution in [3.8, 4) is 0 Å². The van der Waals surface area contributed by atoms with E-state index in [-0.39, 0.29) is 0 Å². The quantitative estimate of drug-likeness (QED) is 0.886. The number of fused-ring (bicyclic) bond motifs is 2. The average Bonchev–Trinajstić information content (AvgIpc) is 3.07. The van der Waals surface area contributed by atoms with Crippen LogP contribution < -0.4 is 10.2 Å². The zero-order valence-electron chi connectivity index (χ0n) is 12.1. The fraction of sp³-hybridized carbons (Fsp3) is 0.857. The molecule has 2 unspecified atom stereocenters. The van der Waals surface area contributed by atoms with Crippen molar-refractivity contribution in [2.24, 2.45) is 0 Å². The van der Waals surface area contributed by atoms with Crippen LogP contribution in [0.4, 0.5) is 6.01 Å². The van der Waals surface area contributed by atoms with Gasteiger partial charge in [-0.05, 0) is 39.2 Å². The number of rotatable bonds is 4. The predicted molar refractivity (Wildman–Crippen MR) is 75.6 cm³/mol. The Hall–Kier alpha value is -1.14. The minimum absolute atomic E-state index is 0.641. The first-order valence-electron chi connectivity index (χ1n) is 7.82. The molecule has 0 spiro atoms. The third-order valence-corrected chi connectivity index (χ3v) is 4.99. The molecule has 6 nitrogen and oxygen atoms in total. The lowest BCUT2D eigenvalue weighted by Gasteiger charge is -2.24. The average molecular weight is 277 g/mol. The fourth-order valence-electron chi connectivity index (χ4n) is 3.45. The van der Waals surface area contributed by atoms with Crippen LogP contribution in [-0.2, 0) is 6.54 Å². The molecule has 0 amide bonds. The van der Waals surface area contributed by atoms with E-state index >= 15 is 0 Å². The predicted octanol–water partition coefficient (Wildman–Crippen LogP) is 0.994. The maximum atomic E-state index is 5.82. The lowest BCUT2D eigenvalue weighted by molar-refractivity contribution is 0.254. The SMILES string of the molecule is CN1C2CCC1CN(c1nnc(CNC3CC3)o1)CC2. The first-order valence-corrected chi connectivity index (χ1v) is 7.82. The van der Waals surface area contributed by atoms with Crippen LogP contribution in [0.2, 0.25) is 0 Å². The summed E-state index contributed by atoms with van der Waals surface area (Å²) in [5, 5.41) is 11.8. The number of likely N-dealkylation sites (N-methyl/N-ethyl adjacent to an activating group) is 1. The zero-order valence-corrected chi connectivity index (χ0v) is 12.1. The van der Waals surface area contributed by atoms with Crippen molar-refractivity contribution < 1.29 is 4.42 Å². The number of anilines is 1. The van der Waals surface area contributed by atoms with Gasteiger partial charge < -0.3 is 14.6 Å². The first kappa shape index (κ1) is 12.6. The van der Waals surface area contributed by atoms with Crippen LogP contribution in [0.5, 0.6) is 0 Å². The first-order chi connectivity index (χ1) is 9.79. The Morgan fingerprint density at radius 3 is 2.85 bits per heavy atom. The van der Waals surface area contributed by atoms with Gasteiger partial charge in [-0.1, -0.05) is 5.10 Å². The lowest BCUT2D eigenvalue weighted by Crippen LogP contribution is -2.36. The Labute approximate surface area is 119 Å². The summed E-state index contributed by atoms with van der Waals surface area (Å²) in [6.07, 6.45) is 6.40. The smallest absolute Gasteiger partial charge is 0.318 e. The Morgan fingerprint density at radius 2 is 2.00 bits per heavy atom. The molecule has 1 N–H and O–H groups in total. The summed E-state index contributed by atoms with van der Waals surface area (Å²) < 4.78 is 5.82. The van der Waals surface area contributed by atoms with E-state index < -0.39 is 0 Å². The van der Waals surface area contributed by atoms with E-state index in [1.54, 1.807) is 0 Å². The van der Waals surface area contributed by atoms with E-state index in [4.69, 9.17) is 4.42 Å². The van der Waals surface area contributed by atoms with Crippen LogP contribution >= 0.6 is 0 Å². The van der Waals surface area contributed by atoms with Crippen LogP contribution in [0.1, 0.15) is 38.0 Å². The molecular weight excluding hydrogens is 254 g/mol. The van der Waals surface area contributed by atoms with Crippen molar-refractivity contribution in [3.63, 3.8) is 0 Å². The topological polar surface area (TPSA) is 57.4 Å². The summed E-state index contributed by atoms with van der Waals surface area (Å²) in [4.78, 5) is 4.81. The molecular formula is C14H23N5O. The van der Waals surface area contributed by atoms with Crippen LogP contribution in [0.3, 0.4) is 0 Å². The molecule has 3 heterocycles. The standard InChI is InChI=1S/C14H23N5O/c1-18-11-4-5-12(18)9-19(7-6-11)14-17-16-13(20-14)8-15-10-2-3-10/h10-12,15H,2-9H2,1H3. The molecule has 2 atom stereocenters. The van der Waals surface area contributed by atoms with E-state index in [0.717, 1.165) is 25.0 Å². The number of hydrogen-bond acceptors (Lipinski definition) is 6. The van der Waals surface area contributed by atoms with Gasteiger partial charge in [0.2, 0.25) is 5.89 Å². The second-order valence-corrected chi connectivity index (χ2v) is 6.42. The Morgan fingerprint density at radius 1 is 1.15 bits per heavy atom. The summed E-state index contributed by atoms with van der Waals surface area (Å²) in [6, 6.07) is 2.76. The van der Waals surface area contributed by atoms with Crippen molar-refractivity contribution in [1.29, 1.82) is 0 Å². The van der Waals surface area contributed by atoms with E-state index in [1.807, 2.05) is 0 Å². The van der Waals surface area contributed by atoms with Gasteiger partial charge in [0, 0.05) is 31.2 Å². The second kappa shape index (κ2) is 5.00. The largest absolute Gasteiger partial charge is 0.407 e. The monoisotopic (exact) mass is 277 g/mol. The van der Waals surface area contributed by atoms with E-state index in [1.165, 1.54) is 32.1 Å². The minimum atomic E-state index is 0.641. The molecule has 1 saturated carbocycles. The number of aromatic nitrogens is 2. The zero-order chi connectivity index (χ0) is 13.5. The molecule has 3 aliphatic rings. The van der Waals surface area contributed by atoms with Crippen LogP contribution in [0, 0.1) is 0 Å². The van der Waals surface area contributed by atoms with Crippen molar-refractivity contribution in [2.45, 2.75) is 56.8 Å². The second-order valence-electron chi connectivity index (χ2n) is 6.42. The minimum Gasteiger partial charge on any atom is -0.407 e. The van der Waals surface area contributed by atoms with Gasteiger partial charge in [0.25, 0.3) is 0 Å². The van der Waals surface area contributed by atoms with Gasteiger partial charge in [0.05, 0.1) is 6.54 Å². The van der Waals surface area contributed by atoms with Crippen molar-refractivity contribution in [3.05, 3.63) is 5.89 Å². The highest BCUT2D eigenvalue weighted by Crippen LogP contribution is 2.30. The number of nitrogens with zero attached hydrogens (tertiary/aromatic N) is 4. The van der Waals surface area contributed by atoms with Gasteiger partial charge in [0.15, 0.2) is 0 Å². The van der Waals surface area contributed by atoms with E-state index in [9.17, 15) is 0 Å². The molecule has 20 heavy (non-hydrogen) atoms. The highest BCUT2D eigenvalue weighted by molar-refractivity contribution is 5.26. The molecule has 1 aliphatic carbocycles. The number of nitrogens with one attached hydrogen (secondary N) is 1. The third-order valence-electron chi connectivity index (χ3n) is 4.99. The van der Waals surface area contributed by atoms with Crippen LogP contribution in [-0.4, -0.2) is 53.4 Å². The van der Waals surface area contributed by atoms with Crippen molar-refractivity contribution >= 4 is 6.01 Å². The molecule has 1 aromatic heterocycles. The van der Waals surface area contributed by atoms with Crippen molar-refractivity contribution in [1.82, 2.24) is 20.4 Å². The fourth-order valence-corrected chi connectivity index (χ4v) is 3.45. The van der Waals surface area contributed by atoms with Gasteiger partial charge >= 0.3 is 6.01 Å². The van der Waals surface area contributed by atoms with Gasteiger partial charge in [-0.25, -0.2) is 0 Å². The molecule has 1 aromatic rings. The van der Waals surface area contributed by atoms with E-state index in [0.29, 0.717) is 24.6 Å². The normalized spacial score (nSPS) is 30.8. The highest BCUT2D eigenvalue weighted by Gasteiger charge is 2.35. The summed E-state index contributed by atoms with van der Waals surface area (Å²) in [6.45, 7) is 2.76. The van der Waals surface area contributed by atoms with Gasteiger partial charge in [0.1, 0.15) is 0 Å². The maximum absolute atomic E-state index is 5.82. The molecule has 0 radical (unpaired) electrons. The summed E-state index contributed by atoms with van der Waals surface area (Å²) in [5.74, 6) is 0.717. The third kappa shape index (κ3) is 2.42. The van der Waals surface area contributed by atoms with E-state index in [2.05, 4.69) is 32.4 Å². The number of hydrogen-bond donors (Lipinski definition) is 1. The van der Waals surface area contributed by atoms with Gasteiger partial charge in [-0.3, -0.25) is 4.90 Å². The molecule has 110 valence electrons. The maximum Gasteiger partial charge on any atom is 0.318 e. The highest BCUT2D eigenvalue weighted by atomic mass is 16.4. The van der Waals surface area contributed by atoms with Gasteiger partial charge in [-0.15, -0.1) is 5.10 Å². The molecule has 2 aliphatic heterocycles. The summed E-state index contributed by atoms with van der Waals surface area (Å²) >= 11 is 0. The van der Waals surface area contributed by atoms with Gasteiger partial charge in [-0.2, -0.15) is 0 Å². The Kier molecular flexibility index (Phi) is 3.15. The van der Waals surface area contributed by atoms with Crippen LogP contribution in [0.25, 0.3) is 0 Å². The molecule has 0 aromatic carbocycles.